The number of hydrogen-bond acceptors (Lipinski definition) is 6. The van der Waals surface area contributed by atoms with Crippen LogP contribution in [0.15, 0.2) is 54.0 Å². The summed E-state index contributed by atoms with van der Waals surface area (Å²) in [5.74, 6) is 2.47. The molecular formula is C40H76N6. The maximum atomic E-state index is 4.78. The van der Waals surface area contributed by atoms with Crippen LogP contribution in [0.2, 0.25) is 0 Å². The number of likely N-dealkylation sites (tertiary alicyclic amines) is 1. The highest BCUT2D eigenvalue weighted by Gasteiger charge is 2.37. The second kappa shape index (κ2) is 20.3. The van der Waals surface area contributed by atoms with Gasteiger partial charge < -0.3 is 25.8 Å². The summed E-state index contributed by atoms with van der Waals surface area (Å²) >= 11 is 0. The van der Waals surface area contributed by atoms with Gasteiger partial charge in [-0.05, 0) is 82.2 Å². The molecule has 1 saturated heterocycles. The van der Waals surface area contributed by atoms with Crippen molar-refractivity contribution in [2.45, 2.75) is 138 Å². The lowest BCUT2D eigenvalue weighted by Crippen LogP contribution is -2.50. The first-order valence-corrected chi connectivity index (χ1v) is 18.4. The van der Waals surface area contributed by atoms with E-state index in [9.17, 15) is 0 Å². The Kier molecular flexibility index (Phi) is 18.6. The quantitative estimate of drug-likeness (QED) is 0.0982. The molecule has 0 aromatic carbocycles. The topological polar surface area (TPSA) is 54.9 Å². The smallest absolute Gasteiger partial charge is 0.0651 e. The van der Waals surface area contributed by atoms with Crippen LogP contribution in [0.25, 0.3) is 0 Å². The van der Waals surface area contributed by atoms with E-state index in [-0.39, 0.29) is 6.04 Å². The van der Waals surface area contributed by atoms with E-state index in [0.717, 1.165) is 55.8 Å². The zero-order valence-electron chi connectivity index (χ0n) is 32.6. The van der Waals surface area contributed by atoms with Gasteiger partial charge >= 0.3 is 0 Å². The van der Waals surface area contributed by atoms with Crippen molar-refractivity contribution in [3.63, 3.8) is 0 Å². The Hall–Kier alpha value is -2.05. The zero-order chi connectivity index (χ0) is 35.3. The molecule has 0 aliphatic carbocycles. The van der Waals surface area contributed by atoms with Crippen LogP contribution in [0.3, 0.4) is 0 Å². The van der Waals surface area contributed by atoms with E-state index >= 15 is 0 Å². The normalized spacial score (nSPS) is 20.8. The predicted molar refractivity (Wildman–Crippen MR) is 205 cm³/mol. The highest BCUT2D eigenvalue weighted by Crippen LogP contribution is 2.38. The van der Waals surface area contributed by atoms with Gasteiger partial charge in [-0.25, -0.2) is 0 Å². The van der Waals surface area contributed by atoms with Crippen molar-refractivity contribution in [1.29, 1.82) is 0 Å². The fourth-order valence-corrected chi connectivity index (χ4v) is 8.31. The van der Waals surface area contributed by atoms with Crippen molar-refractivity contribution in [2.24, 2.45) is 34.6 Å². The van der Waals surface area contributed by atoms with Gasteiger partial charge in [0.15, 0.2) is 0 Å². The minimum absolute atomic E-state index is 0.0949. The van der Waals surface area contributed by atoms with E-state index in [1.165, 1.54) is 24.2 Å². The van der Waals surface area contributed by atoms with Crippen LogP contribution in [0, 0.1) is 29.6 Å². The number of aliphatic imine (C=N–C) groups is 1. The molecule has 6 heteroatoms. The monoisotopic (exact) mass is 641 g/mol. The van der Waals surface area contributed by atoms with E-state index in [0.29, 0.717) is 53.8 Å². The summed E-state index contributed by atoms with van der Waals surface area (Å²) in [6.45, 7) is 42.7. The molecule has 0 spiro atoms. The third-order valence-electron chi connectivity index (χ3n) is 11.2. The van der Waals surface area contributed by atoms with E-state index < -0.39 is 0 Å². The highest BCUT2D eigenvalue weighted by atomic mass is 15.2. The third kappa shape index (κ3) is 11.3. The number of likely N-dealkylation sites (N-methyl/N-ethyl adjacent to an activating group) is 2. The zero-order valence-corrected chi connectivity index (χ0v) is 32.6. The predicted octanol–water partition coefficient (Wildman–Crippen LogP) is 8.26. The lowest BCUT2D eigenvalue weighted by Gasteiger charge is -2.43. The Bertz CT molecular complexity index is 998. The van der Waals surface area contributed by atoms with Gasteiger partial charge in [-0.2, -0.15) is 0 Å². The molecule has 6 nitrogen and oxygen atoms in total. The van der Waals surface area contributed by atoms with Crippen LogP contribution < -0.4 is 16.0 Å². The second-order valence-corrected chi connectivity index (χ2v) is 14.8. The van der Waals surface area contributed by atoms with Crippen LogP contribution in [0.4, 0.5) is 0 Å². The molecule has 1 rings (SSSR count). The summed E-state index contributed by atoms with van der Waals surface area (Å²) in [6, 6.07) is 1.78. The van der Waals surface area contributed by atoms with E-state index in [2.05, 4.69) is 127 Å². The molecule has 3 N–H and O–H groups in total. The lowest BCUT2D eigenvalue weighted by atomic mass is 9.80. The Balaban J connectivity index is 3.09. The van der Waals surface area contributed by atoms with Crippen molar-refractivity contribution >= 4 is 5.71 Å². The molecule has 0 aromatic heterocycles. The van der Waals surface area contributed by atoms with Crippen LogP contribution in [-0.2, 0) is 0 Å². The van der Waals surface area contributed by atoms with Crippen molar-refractivity contribution in [3.8, 4) is 0 Å². The van der Waals surface area contributed by atoms with Crippen molar-refractivity contribution < 1.29 is 0 Å². The molecule has 0 saturated carbocycles. The van der Waals surface area contributed by atoms with Gasteiger partial charge in [-0.1, -0.05) is 94.0 Å². The second-order valence-electron chi connectivity index (χ2n) is 14.8. The van der Waals surface area contributed by atoms with E-state index in [4.69, 9.17) is 6.58 Å². The molecule has 0 bridgehead atoms. The molecule has 266 valence electrons. The molecule has 0 aromatic rings. The minimum Gasteiger partial charge on any atom is -0.380 e. The van der Waals surface area contributed by atoms with Crippen LogP contribution in [0.5, 0.6) is 0 Å². The molecular weight excluding hydrogens is 564 g/mol. The molecule has 9 atom stereocenters. The van der Waals surface area contributed by atoms with E-state index in [1.54, 1.807) is 0 Å². The van der Waals surface area contributed by atoms with Crippen molar-refractivity contribution in [1.82, 2.24) is 25.8 Å². The molecule has 1 heterocycles. The summed E-state index contributed by atoms with van der Waals surface area (Å²) in [5.41, 5.74) is 5.59. The maximum Gasteiger partial charge on any atom is 0.0651 e. The Morgan fingerprint density at radius 1 is 0.978 bits per heavy atom. The molecule has 9 unspecified atom stereocenters. The summed E-state index contributed by atoms with van der Waals surface area (Å²) in [6.07, 6.45) is 6.85. The van der Waals surface area contributed by atoms with Gasteiger partial charge in [0.2, 0.25) is 0 Å². The van der Waals surface area contributed by atoms with Crippen LogP contribution in [-0.4, -0.2) is 80.0 Å². The number of allylic oxidation sites excluding steroid dienone is 2. The Labute approximate surface area is 286 Å². The number of nitrogens with one attached hydrogen (secondary N) is 3. The average molecular weight is 641 g/mol. The summed E-state index contributed by atoms with van der Waals surface area (Å²) < 4.78 is 0. The maximum absolute atomic E-state index is 4.78. The first kappa shape index (κ1) is 42.0. The van der Waals surface area contributed by atoms with Gasteiger partial charge in [0.25, 0.3) is 0 Å². The van der Waals surface area contributed by atoms with Gasteiger partial charge in [-0.15, -0.1) is 0 Å². The summed E-state index contributed by atoms with van der Waals surface area (Å²) in [5, 5.41) is 10.9. The van der Waals surface area contributed by atoms with Gasteiger partial charge in [-0.3, -0.25) is 4.99 Å². The SMILES string of the molecule is C=C(C)C(=NC)C(C)NC(=C)C(C)C(CC)C1CCCN1C(=C)CC(CC)C(C(C)CC)N(C)C(=C)CNC(C)C(NC)C(C)C. The molecule has 46 heavy (non-hydrogen) atoms. The summed E-state index contributed by atoms with van der Waals surface area (Å²) in [4.78, 5) is 9.65. The van der Waals surface area contributed by atoms with Crippen molar-refractivity contribution in [2.75, 3.05) is 34.2 Å². The molecule has 1 fully saturated rings. The summed E-state index contributed by atoms with van der Waals surface area (Å²) in [7, 11) is 6.18. The van der Waals surface area contributed by atoms with E-state index in [1.807, 2.05) is 14.0 Å². The highest BCUT2D eigenvalue weighted by molar-refractivity contribution is 6.02. The fraction of sp³-hybridized carbons (Fsp3) is 0.775. The average Bonchev–Trinajstić information content (AvgIpc) is 3.49. The molecule has 0 radical (unpaired) electrons. The Morgan fingerprint density at radius 2 is 1.61 bits per heavy atom. The van der Waals surface area contributed by atoms with Crippen molar-refractivity contribution in [3.05, 3.63) is 49.0 Å². The standard InChI is InChI=1S/C40H76N6/c1-18-28(8)40(45(17)30(10)25-43-33(13)38(41-15)26(4)5)35(19-2)24-29(9)46-23-21-22-37(46)36(20-3)31(11)32(12)44-34(14)39(42-16)27(6)7/h26,28,31,33-38,40-41,43-44H,6,9-10,12,18-25H2,1-5,7-8,11,13-17H3. The lowest BCUT2D eigenvalue weighted by molar-refractivity contribution is 0.129. The molecule has 1 aliphatic heterocycles. The van der Waals surface area contributed by atoms with Gasteiger partial charge in [0.1, 0.15) is 0 Å². The largest absolute Gasteiger partial charge is 0.380 e. The first-order valence-electron chi connectivity index (χ1n) is 18.4. The molecule has 1 aliphatic rings. The number of nitrogens with zero attached hydrogens (tertiary/aromatic N) is 3. The van der Waals surface area contributed by atoms with Gasteiger partial charge in [0, 0.05) is 68.4 Å². The van der Waals surface area contributed by atoms with Crippen LogP contribution in [0.1, 0.15) is 108 Å². The number of hydrogen-bond donors (Lipinski definition) is 3. The van der Waals surface area contributed by atoms with Crippen LogP contribution >= 0.6 is 0 Å². The minimum atomic E-state index is 0.0949. The molecule has 0 amide bonds. The first-order chi connectivity index (χ1) is 21.6. The Morgan fingerprint density at radius 3 is 2.09 bits per heavy atom. The third-order valence-corrected chi connectivity index (χ3v) is 11.2. The number of rotatable bonds is 23. The van der Waals surface area contributed by atoms with Gasteiger partial charge in [0.05, 0.1) is 11.8 Å². The fourth-order valence-electron chi connectivity index (χ4n) is 8.31.